The Bertz CT molecular complexity index is 532. The normalized spacial score (nSPS) is 11.2. The van der Waals surface area contributed by atoms with Crippen LogP contribution in [0.1, 0.15) is 10.4 Å². The van der Waals surface area contributed by atoms with Gasteiger partial charge in [0.25, 0.3) is 16.0 Å². The predicted octanol–water partition coefficient (Wildman–Crippen LogP) is 1.56. The summed E-state index contributed by atoms with van der Waals surface area (Å²) >= 11 is 7.92. The van der Waals surface area contributed by atoms with E-state index < -0.39 is 21.8 Å². The Morgan fingerprint density at radius 3 is 2.65 bits per heavy atom. The molecule has 0 radical (unpaired) electrons. The van der Waals surface area contributed by atoms with Crippen LogP contribution in [-0.4, -0.2) is 31.2 Å². The maximum Gasteiger partial charge on any atom is 0.266 e. The fourth-order valence-corrected chi connectivity index (χ4v) is 2.36. The van der Waals surface area contributed by atoms with Crippen molar-refractivity contribution >= 4 is 50.2 Å². The molecule has 0 aliphatic heterocycles. The number of carbonyl (C=O) groups is 1. The highest BCUT2D eigenvalue weighted by molar-refractivity contribution is 14.1. The molecule has 1 amide bonds. The highest BCUT2D eigenvalue weighted by Gasteiger charge is 2.11. The van der Waals surface area contributed by atoms with Gasteiger partial charge in [0.15, 0.2) is 0 Å². The topological polar surface area (TPSA) is 83.5 Å². The van der Waals surface area contributed by atoms with E-state index in [9.17, 15) is 13.2 Å². The van der Waals surface area contributed by atoms with Gasteiger partial charge < -0.3 is 5.32 Å². The molecule has 0 aliphatic carbocycles. The molecule has 0 atom stereocenters. The Balaban J connectivity index is 2.65. The van der Waals surface area contributed by atoms with Gasteiger partial charge in [-0.2, -0.15) is 8.42 Å². The Labute approximate surface area is 117 Å². The maximum atomic E-state index is 11.6. The van der Waals surface area contributed by atoms with Gasteiger partial charge in [-0.1, -0.05) is 11.6 Å². The van der Waals surface area contributed by atoms with Crippen LogP contribution in [0.3, 0.4) is 0 Å². The lowest BCUT2D eigenvalue weighted by atomic mass is 10.2. The van der Waals surface area contributed by atoms with Crippen molar-refractivity contribution in [3.63, 3.8) is 0 Å². The summed E-state index contributed by atoms with van der Waals surface area (Å²) in [6.45, 7) is -0.167. The van der Waals surface area contributed by atoms with Crippen LogP contribution in [0.15, 0.2) is 18.2 Å². The summed E-state index contributed by atoms with van der Waals surface area (Å²) < 4.78 is 30.3. The number of rotatable bonds is 4. The van der Waals surface area contributed by atoms with Crippen LogP contribution in [0.25, 0.3) is 0 Å². The lowest BCUT2D eigenvalue weighted by Crippen LogP contribution is -2.29. The summed E-state index contributed by atoms with van der Waals surface area (Å²) in [5.74, 6) is -1.00. The summed E-state index contributed by atoms with van der Waals surface area (Å²) in [5.41, 5.74) is 0.266. The Hall–Kier alpha value is -0.380. The molecule has 0 bridgehead atoms. The minimum absolute atomic E-state index is 0.167. The second-order valence-corrected chi connectivity index (χ2v) is 6.39. The van der Waals surface area contributed by atoms with Crippen molar-refractivity contribution in [3.05, 3.63) is 32.4 Å². The molecule has 1 rings (SSSR count). The molecular weight excluding hydrogens is 381 g/mol. The second-order valence-electron chi connectivity index (χ2n) is 3.17. The first kappa shape index (κ1) is 14.7. The van der Waals surface area contributed by atoms with E-state index in [2.05, 4.69) is 27.9 Å². The molecule has 0 saturated heterocycles. The number of nitrogens with one attached hydrogen (secondary N) is 1. The first-order chi connectivity index (χ1) is 7.79. The number of halogens is 2. The predicted molar refractivity (Wildman–Crippen MR) is 72.9 cm³/mol. The van der Waals surface area contributed by atoms with E-state index in [4.69, 9.17) is 16.2 Å². The average Bonchev–Trinajstić information content (AvgIpc) is 2.15. The third-order valence-corrected chi connectivity index (χ3v) is 3.53. The van der Waals surface area contributed by atoms with Crippen LogP contribution in [0.4, 0.5) is 0 Å². The molecule has 2 N–H and O–H groups in total. The summed E-state index contributed by atoms with van der Waals surface area (Å²) in [5, 5.41) is 2.64. The van der Waals surface area contributed by atoms with Crippen molar-refractivity contribution in [1.29, 1.82) is 0 Å². The van der Waals surface area contributed by atoms with Gasteiger partial charge in [0, 0.05) is 10.1 Å². The molecule has 8 heteroatoms. The van der Waals surface area contributed by atoms with Crippen LogP contribution < -0.4 is 5.32 Å². The minimum atomic E-state index is -4.07. The van der Waals surface area contributed by atoms with Gasteiger partial charge in [0.1, 0.15) is 0 Å². The molecule has 1 aromatic carbocycles. The zero-order valence-corrected chi connectivity index (χ0v) is 12.2. The monoisotopic (exact) mass is 389 g/mol. The van der Waals surface area contributed by atoms with Crippen LogP contribution in [0.2, 0.25) is 5.02 Å². The van der Waals surface area contributed by atoms with Crippen molar-refractivity contribution in [1.82, 2.24) is 5.32 Å². The molecular formula is C9H9ClINO4S. The van der Waals surface area contributed by atoms with E-state index in [1.165, 1.54) is 0 Å². The largest absolute Gasteiger partial charge is 0.351 e. The van der Waals surface area contributed by atoms with Crippen molar-refractivity contribution in [3.8, 4) is 0 Å². The van der Waals surface area contributed by atoms with Gasteiger partial charge in [0.2, 0.25) is 0 Å². The molecule has 17 heavy (non-hydrogen) atoms. The third-order valence-electron chi connectivity index (χ3n) is 1.82. The van der Waals surface area contributed by atoms with Crippen molar-refractivity contribution in [2.75, 3.05) is 12.3 Å². The average molecular weight is 390 g/mol. The Morgan fingerprint density at radius 2 is 2.12 bits per heavy atom. The van der Waals surface area contributed by atoms with Crippen LogP contribution in [0, 0.1) is 3.57 Å². The Morgan fingerprint density at radius 1 is 1.47 bits per heavy atom. The minimum Gasteiger partial charge on any atom is -0.351 e. The highest BCUT2D eigenvalue weighted by atomic mass is 127. The lowest BCUT2D eigenvalue weighted by Gasteiger charge is -2.06. The first-order valence-corrected chi connectivity index (χ1v) is 7.54. The molecule has 1 aromatic rings. The van der Waals surface area contributed by atoms with Gasteiger partial charge in [-0.05, 0) is 40.8 Å². The highest BCUT2D eigenvalue weighted by Crippen LogP contribution is 2.18. The number of benzene rings is 1. The molecule has 0 fully saturated rings. The van der Waals surface area contributed by atoms with Crippen molar-refractivity contribution in [2.24, 2.45) is 0 Å². The molecule has 0 unspecified atom stereocenters. The molecule has 0 spiro atoms. The standard InChI is InChI=1S/C9H9ClINO4S/c10-8-5-6(11)1-2-7(8)9(13)12-3-4-17(14,15)16/h1-2,5H,3-4H2,(H,12,13)(H,14,15,16). The molecule has 0 saturated carbocycles. The summed E-state index contributed by atoms with van der Waals surface area (Å²) in [4.78, 5) is 11.6. The van der Waals surface area contributed by atoms with E-state index in [-0.39, 0.29) is 12.1 Å². The lowest BCUT2D eigenvalue weighted by molar-refractivity contribution is 0.0956. The van der Waals surface area contributed by atoms with Gasteiger partial charge >= 0.3 is 0 Å². The fourth-order valence-electron chi connectivity index (χ4n) is 1.06. The zero-order valence-electron chi connectivity index (χ0n) is 8.48. The summed E-state index contributed by atoms with van der Waals surface area (Å²) in [6.07, 6.45) is 0. The van der Waals surface area contributed by atoms with E-state index in [1.807, 2.05) is 0 Å². The molecule has 0 aliphatic rings. The molecule has 5 nitrogen and oxygen atoms in total. The smallest absolute Gasteiger partial charge is 0.266 e. The summed E-state index contributed by atoms with van der Waals surface area (Å²) in [7, 11) is -4.07. The number of carbonyl (C=O) groups excluding carboxylic acids is 1. The van der Waals surface area contributed by atoms with Gasteiger partial charge in [-0.3, -0.25) is 9.35 Å². The van der Waals surface area contributed by atoms with Crippen LogP contribution in [-0.2, 0) is 10.1 Å². The number of hydrogen-bond donors (Lipinski definition) is 2. The molecule has 94 valence electrons. The van der Waals surface area contributed by atoms with Crippen molar-refractivity contribution < 1.29 is 17.8 Å². The maximum absolute atomic E-state index is 11.6. The van der Waals surface area contributed by atoms with E-state index in [0.29, 0.717) is 5.02 Å². The SMILES string of the molecule is O=C(NCCS(=O)(=O)O)c1ccc(I)cc1Cl. The fraction of sp³-hybridized carbons (Fsp3) is 0.222. The van der Waals surface area contributed by atoms with Crippen LogP contribution in [0.5, 0.6) is 0 Å². The van der Waals surface area contributed by atoms with Crippen LogP contribution >= 0.6 is 34.2 Å². The van der Waals surface area contributed by atoms with E-state index in [0.717, 1.165) is 3.57 Å². The number of hydrogen-bond acceptors (Lipinski definition) is 3. The first-order valence-electron chi connectivity index (χ1n) is 4.48. The third kappa shape index (κ3) is 5.19. The quantitative estimate of drug-likeness (QED) is 0.605. The van der Waals surface area contributed by atoms with Crippen molar-refractivity contribution in [2.45, 2.75) is 0 Å². The summed E-state index contributed by atoms with van der Waals surface area (Å²) in [6, 6.07) is 4.89. The van der Waals surface area contributed by atoms with E-state index in [1.54, 1.807) is 18.2 Å². The van der Waals surface area contributed by atoms with Gasteiger partial charge in [-0.25, -0.2) is 0 Å². The molecule has 0 heterocycles. The van der Waals surface area contributed by atoms with Gasteiger partial charge in [0.05, 0.1) is 16.3 Å². The second kappa shape index (κ2) is 5.98. The Kier molecular flexibility index (Phi) is 5.17. The number of amides is 1. The zero-order chi connectivity index (χ0) is 13.1. The van der Waals surface area contributed by atoms with Gasteiger partial charge in [-0.15, -0.1) is 0 Å². The molecule has 0 aromatic heterocycles. The van der Waals surface area contributed by atoms with E-state index >= 15 is 0 Å².